The van der Waals surface area contributed by atoms with Crippen molar-refractivity contribution in [1.82, 2.24) is 4.31 Å². The lowest BCUT2D eigenvalue weighted by Gasteiger charge is -2.18. The summed E-state index contributed by atoms with van der Waals surface area (Å²) in [5.74, 6) is -0.917. The molecular formula is C16H14ClF3N2O3S. The maximum absolute atomic E-state index is 12.9. The van der Waals surface area contributed by atoms with Crippen molar-refractivity contribution in [2.45, 2.75) is 11.1 Å². The topological polar surface area (TPSA) is 66.5 Å². The van der Waals surface area contributed by atoms with Gasteiger partial charge in [0.1, 0.15) is 4.90 Å². The molecule has 0 aliphatic rings. The minimum Gasteiger partial charge on any atom is -0.324 e. The molecule has 0 aliphatic heterocycles. The molecule has 0 unspecified atom stereocenters. The summed E-state index contributed by atoms with van der Waals surface area (Å²) in [5.41, 5.74) is -1.47. The molecule has 0 spiro atoms. The van der Waals surface area contributed by atoms with Crippen LogP contribution in [0.5, 0.6) is 0 Å². The number of carbonyl (C=O) groups is 1. The van der Waals surface area contributed by atoms with E-state index in [4.69, 9.17) is 11.6 Å². The van der Waals surface area contributed by atoms with Crippen molar-refractivity contribution >= 4 is 33.2 Å². The standard InChI is InChI=1S/C16H14ClF3N2O3S/c1-22(26(24,25)14-9-5-3-7-12(14)17)10-15(23)21-13-8-4-2-6-11(13)16(18,19)20/h2-9H,10H2,1H3,(H,21,23). The van der Waals surface area contributed by atoms with E-state index < -0.39 is 39.9 Å². The average Bonchev–Trinajstić information content (AvgIpc) is 2.54. The first-order valence-corrected chi connectivity index (χ1v) is 9.02. The van der Waals surface area contributed by atoms with Gasteiger partial charge in [-0.3, -0.25) is 4.79 Å². The third-order valence-corrected chi connectivity index (χ3v) is 5.70. The molecule has 2 rings (SSSR count). The van der Waals surface area contributed by atoms with Crippen molar-refractivity contribution in [2.24, 2.45) is 0 Å². The van der Waals surface area contributed by atoms with Crippen molar-refractivity contribution in [1.29, 1.82) is 0 Å². The predicted molar refractivity (Wildman–Crippen MR) is 91.3 cm³/mol. The Bertz CT molecular complexity index is 917. The van der Waals surface area contributed by atoms with E-state index >= 15 is 0 Å². The van der Waals surface area contributed by atoms with E-state index in [-0.39, 0.29) is 9.92 Å². The number of para-hydroxylation sites is 1. The normalized spacial score (nSPS) is 12.2. The second kappa shape index (κ2) is 7.65. The van der Waals surface area contributed by atoms with E-state index in [2.05, 4.69) is 5.32 Å². The van der Waals surface area contributed by atoms with Crippen LogP contribution in [0.15, 0.2) is 53.4 Å². The predicted octanol–water partition coefficient (Wildman–Crippen LogP) is 3.62. The number of hydrogen-bond acceptors (Lipinski definition) is 3. The van der Waals surface area contributed by atoms with Gasteiger partial charge in [-0.05, 0) is 24.3 Å². The average molecular weight is 407 g/mol. The lowest BCUT2D eigenvalue weighted by molar-refractivity contribution is -0.137. The van der Waals surface area contributed by atoms with Crippen molar-refractivity contribution in [2.75, 3.05) is 18.9 Å². The lowest BCUT2D eigenvalue weighted by atomic mass is 10.1. The van der Waals surface area contributed by atoms with Gasteiger partial charge in [-0.2, -0.15) is 17.5 Å². The maximum atomic E-state index is 12.9. The Morgan fingerprint density at radius 2 is 1.69 bits per heavy atom. The van der Waals surface area contributed by atoms with Crippen molar-refractivity contribution in [3.8, 4) is 0 Å². The largest absolute Gasteiger partial charge is 0.418 e. The molecule has 1 N–H and O–H groups in total. The first kappa shape index (κ1) is 20.2. The van der Waals surface area contributed by atoms with Crippen LogP contribution in [0, 0.1) is 0 Å². The number of hydrogen-bond donors (Lipinski definition) is 1. The Labute approximate surface area is 153 Å². The molecule has 0 heterocycles. The second-order valence-electron chi connectivity index (χ2n) is 5.28. The van der Waals surface area contributed by atoms with Gasteiger partial charge < -0.3 is 5.32 Å². The zero-order valence-electron chi connectivity index (χ0n) is 13.4. The minimum absolute atomic E-state index is 0.0258. The fourth-order valence-corrected chi connectivity index (χ4v) is 3.75. The highest BCUT2D eigenvalue weighted by Gasteiger charge is 2.34. The Kier molecular flexibility index (Phi) is 5.94. The van der Waals surface area contributed by atoms with E-state index in [1.165, 1.54) is 30.3 Å². The van der Waals surface area contributed by atoms with Gasteiger partial charge in [0.2, 0.25) is 15.9 Å². The summed E-state index contributed by atoms with van der Waals surface area (Å²) >= 11 is 5.86. The fourth-order valence-electron chi connectivity index (χ4n) is 2.14. The van der Waals surface area contributed by atoms with Crippen molar-refractivity contribution in [3.05, 3.63) is 59.1 Å². The number of halogens is 4. The molecule has 10 heteroatoms. The van der Waals surface area contributed by atoms with Gasteiger partial charge in [0.25, 0.3) is 0 Å². The molecule has 0 atom stereocenters. The van der Waals surface area contributed by atoms with Gasteiger partial charge in [-0.1, -0.05) is 35.9 Å². The van der Waals surface area contributed by atoms with Crippen LogP contribution in [0.1, 0.15) is 5.56 Å². The van der Waals surface area contributed by atoms with Gasteiger partial charge in [0.05, 0.1) is 22.8 Å². The summed E-state index contributed by atoms with van der Waals surface area (Å²) in [6.07, 6.45) is -4.65. The Morgan fingerprint density at radius 1 is 1.12 bits per heavy atom. The van der Waals surface area contributed by atoms with Gasteiger partial charge >= 0.3 is 6.18 Å². The number of nitrogens with zero attached hydrogens (tertiary/aromatic N) is 1. The zero-order valence-corrected chi connectivity index (χ0v) is 15.0. The molecule has 2 aromatic rings. The minimum atomic E-state index is -4.65. The number of carbonyl (C=O) groups excluding carboxylic acids is 1. The van der Waals surface area contributed by atoms with Gasteiger partial charge in [-0.25, -0.2) is 8.42 Å². The highest BCUT2D eigenvalue weighted by Crippen LogP contribution is 2.34. The number of sulfonamides is 1. The molecule has 0 bridgehead atoms. The summed E-state index contributed by atoms with van der Waals surface area (Å²) in [6.45, 7) is -0.681. The van der Waals surface area contributed by atoms with Crippen molar-refractivity contribution < 1.29 is 26.4 Å². The number of nitrogens with one attached hydrogen (secondary N) is 1. The third kappa shape index (κ3) is 4.54. The Balaban J connectivity index is 2.17. The lowest BCUT2D eigenvalue weighted by Crippen LogP contribution is -2.35. The molecule has 0 fully saturated rings. The summed E-state index contributed by atoms with van der Waals surface area (Å²) < 4.78 is 64.4. The highest BCUT2D eigenvalue weighted by atomic mass is 35.5. The summed E-state index contributed by atoms with van der Waals surface area (Å²) in [6, 6.07) is 10.1. The van der Waals surface area contributed by atoms with Crippen molar-refractivity contribution in [3.63, 3.8) is 0 Å². The van der Waals surface area contributed by atoms with Crippen LogP contribution in [-0.2, 0) is 21.0 Å². The number of alkyl halides is 3. The van der Waals surface area contributed by atoms with Crippen LogP contribution < -0.4 is 5.32 Å². The van der Waals surface area contributed by atoms with Gasteiger partial charge in [0, 0.05) is 7.05 Å². The summed E-state index contributed by atoms with van der Waals surface area (Å²) in [7, 11) is -2.94. The summed E-state index contributed by atoms with van der Waals surface area (Å²) in [4.78, 5) is 11.8. The second-order valence-corrected chi connectivity index (χ2v) is 7.70. The fraction of sp³-hybridized carbons (Fsp3) is 0.188. The third-order valence-electron chi connectivity index (χ3n) is 3.40. The SMILES string of the molecule is CN(CC(=O)Nc1ccccc1C(F)(F)F)S(=O)(=O)c1ccccc1Cl. The molecule has 26 heavy (non-hydrogen) atoms. The molecule has 2 aromatic carbocycles. The first-order chi connectivity index (χ1) is 12.0. The molecular weight excluding hydrogens is 393 g/mol. The van der Waals surface area contributed by atoms with E-state index in [9.17, 15) is 26.4 Å². The maximum Gasteiger partial charge on any atom is 0.418 e. The number of benzene rings is 2. The van der Waals surface area contributed by atoms with Crippen LogP contribution in [0.25, 0.3) is 0 Å². The van der Waals surface area contributed by atoms with E-state index in [0.29, 0.717) is 4.31 Å². The number of amides is 1. The number of rotatable bonds is 5. The van der Waals surface area contributed by atoms with Crippen LogP contribution in [0.2, 0.25) is 5.02 Å². The van der Waals surface area contributed by atoms with E-state index in [0.717, 1.165) is 19.2 Å². The van der Waals surface area contributed by atoms with Gasteiger partial charge in [0.15, 0.2) is 0 Å². The zero-order chi connectivity index (χ0) is 19.5. The highest BCUT2D eigenvalue weighted by molar-refractivity contribution is 7.89. The van der Waals surface area contributed by atoms with Crippen LogP contribution in [-0.4, -0.2) is 32.2 Å². The Hall–Kier alpha value is -2.10. The molecule has 0 aliphatic carbocycles. The molecule has 1 amide bonds. The molecule has 0 saturated heterocycles. The molecule has 5 nitrogen and oxygen atoms in total. The van der Waals surface area contributed by atoms with E-state index in [1.807, 2.05) is 0 Å². The molecule has 140 valence electrons. The first-order valence-electron chi connectivity index (χ1n) is 7.20. The van der Waals surface area contributed by atoms with Crippen LogP contribution in [0.4, 0.5) is 18.9 Å². The van der Waals surface area contributed by atoms with Crippen LogP contribution in [0.3, 0.4) is 0 Å². The smallest absolute Gasteiger partial charge is 0.324 e. The number of likely N-dealkylation sites (N-methyl/N-ethyl adjacent to an activating group) is 1. The van der Waals surface area contributed by atoms with Crippen LogP contribution >= 0.6 is 11.6 Å². The molecule has 0 radical (unpaired) electrons. The van der Waals surface area contributed by atoms with Gasteiger partial charge in [-0.15, -0.1) is 0 Å². The summed E-state index contributed by atoms with van der Waals surface area (Å²) in [5, 5.41) is 2.06. The Morgan fingerprint density at radius 3 is 2.31 bits per heavy atom. The quantitative estimate of drug-likeness (QED) is 0.824. The monoisotopic (exact) mass is 406 g/mol. The molecule has 0 aromatic heterocycles. The number of anilines is 1. The van der Waals surface area contributed by atoms with E-state index in [1.54, 1.807) is 6.07 Å². The molecule has 0 saturated carbocycles.